The summed E-state index contributed by atoms with van der Waals surface area (Å²) in [5.41, 5.74) is 6.92. The third-order valence-electron chi connectivity index (χ3n) is 4.72. The summed E-state index contributed by atoms with van der Waals surface area (Å²) in [5, 5.41) is 11.7. The number of rotatable bonds is 9. The van der Waals surface area contributed by atoms with Gasteiger partial charge < -0.3 is 20.5 Å². The quantitative estimate of drug-likeness (QED) is 0.647. The highest BCUT2D eigenvalue weighted by Crippen LogP contribution is 2.18. The van der Waals surface area contributed by atoms with Crippen LogP contribution in [0.2, 0.25) is 0 Å². The first-order valence-electron chi connectivity index (χ1n) is 8.99. The molecular weight excluding hydrogens is 346 g/mol. The molecule has 0 radical (unpaired) electrons. The zero-order valence-electron chi connectivity index (χ0n) is 16.7. The number of amides is 1. The second kappa shape index (κ2) is 8.96. The second-order valence-electron chi connectivity index (χ2n) is 6.99. The summed E-state index contributed by atoms with van der Waals surface area (Å²) in [4.78, 5) is 14.1. The van der Waals surface area contributed by atoms with E-state index in [9.17, 15) is 4.79 Å². The van der Waals surface area contributed by atoms with Crippen molar-refractivity contribution < 1.29 is 14.3 Å². The second-order valence-corrected chi connectivity index (χ2v) is 6.99. The molecule has 8 nitrogen and oxygen atoms in total. The van der Waals surface area contributed by atoms with E-state index in [0.29, 0.717) is 25.5 Å². The van der Waals surface area contributed by atoms with E-state index in [-0.39, 0.29) is 17.5 Å². The minimum atomic E-state index is -0.505. The molecule has 3 N–H and O–H groups in total. The monoisotopic (exact) mass is 375 g/mol. The van der Waals surface area contributed by atoms with Gasteiger partial charge in [0.15, 0.2) is 5.69 Å². The number of aryl methyl sites for hydroxylation is 1. The van der Waals surface area contributed by atoms with Crippen LogP contribution in [0.15, 0.2) is 24.3 Å². The lowest BCUT2D eigenvalue weighted by Crippen LogP contribution is -2.55. The normalized spacial score (nSPS) is 13.4. The smallest absolute Gasteiger partial charge is 0.274 e. The van der Waals surface area contributed by atoms with Crippen LogP contribution in [-0.2, 0) is 4.74 Å². The summed E-state index contributed by atoms with van der Waals surface area (Å²) in [6.07, 6.45) is 0. The van der Waals surface area contributed by atoms with E-state index in [1.54, 1.807) is 14.0 Å². The van der Waals surface area contributed by atoms with Gasteiger partial charge in [-0.05, 0) is 44.0 Å². The van der Waals surface area contributed by atoms with Crippen LogP contribution in [0.25, 0.3) is 5.69 Å². The molecule has 1 aromatic heterocycles. The predicted octanol–water partition coefficient (Wildman–Crippen LogP) is 1.70. The zero-order chi connectivity index (χ0) is 20.0. The molecule has 0 bridgehead atoms. The summed E-state index contributed by atoms with van der Waals surface area (Å²) in [6.45, 7) is 9.08. The Kier molecular flexibility index (Phi) is 6.92. The van der Waals surface area contributed by atoms with Gasteiger partial charge in [0.2, 0.25) is 0 Å². The molecule has 1 unspecified atom stereocenters. The molecule has 0 saturated carbocycles. The Morgan fingerprint density at radius 2 is 1.93 bits per heavy atom. The molecule has 1 aromatic carbocycles. The summed E-state index contributed by atoms with van der Waals surface area (Å²) < 4.78 is 10.5. The average molecular weight is 375 g/mol. The lowest BCUT2D eigenvalue weighted by Gasteiger charge is -2.33. The first kappa shape index (κ1) is 20.9. The fourth-order valence-corrected chi connectivity index (χ4v) is 2.37. The first-order valence-corrected chi connectivity index (χ1v) is 8.99. The number of hydrogen-bond acceptors (Lipinski definition) is 6. The number of benzene rings is 1. The minimum Gasteiger partial charge on any atom is -0.491 e. The third kappa shape index (κ3) is 5.05. The molecule has 2 rings (SSSR count). The van der Waals surface area contributed by atoms with E-state index in [2.05, 4.69) is 15.5 Å². The topological polar surface area (TPSA) is 104 Å². The highest BCUT2D eigenvalue weighted by atomic mass is 16.5. The molecule has 2 aromatic rings. The molecule has 27 heavy (non-hydrogen) atoms. The van der Waals surface area contributed by atoms with Gasteiger partial charge in [0.25, 0.3) is 5.91 Å². The van der Waals surface area contributed by atoms with E-state index >= 15 is 0 Å². The largest absolute Gasteiger partial charge is 0.491 e. The number of carbonyl (C=O) groups is 1. The number of nitrogens with zero attached hydrogens (tertiary/aromatic N) is 3. The van der Waals surface area contributed by atoms with Crippen molar-refractivity contribution in [2.75, 3.05) is 26.9 Å². The maximum absolute atomic E-state index is 12.7. The van der Waals surface area contributed by atoms with Crippen molar-refractivity contribution in [1.29, 1.82) is 0 Å². The van der Waals surface area contributed by atoms with E-state index in [1.165, 1.54) is 4.80 Å². The number of methoxy groups -OCH3 is 1. The van der Waals surface area contributed by atoms with Gasteiger partial charge in [-0.25, -0.2) is 0 Å². The van der Waals surface area contributed by atoms with Crippen molar-refractivity contribution >= 4 is 5.91 Å². The summed E-state index contributed by atoms with van der Waals surface area (Å²) >= 11 is 0. The molecule has 148 valence electrons. The zero-order valence-corrected chi connectivity index (χ0v) is 16.7. The van der Waals surface area contributed by atoms with Gasteiger partial charge in [0.1, 0.15) is 12.4 Å². The number of nitrogens with two attached hydrogens (primary N) is 1. The van der Waals surface area contributed by atoms with E-state index in [1.807, 2.05) is 45.0 Å². The fourth-order valence-electron chi connectivity index (χ4n) is 2.37. The van der Waals surface area contributed by atoms with E-state index in [4.69, 9.17) is 15.2 Å². The Balaban J connectivity index is 2.14. The number of nitrogens with one attached hydrogen (secondary N) is 1. The molecule has 0 aliphatic heterocycles. The molecule has 0 saturated heterocycles. The van der Waals surface area contributed by atoms with Gasteiger partial charge in [-0.3, -0.25) is 4.79 Å². The molecule has 8 heteroatoms. The molecule has 0 aliphatic carbocycles. The predicted molar refractivity (Wildman–Crippen MR) is 103 cm³/mol. The van der Waals surface area contributed by atoms with Gasteiger partial charge in [0.05, 0.1) is 23.5 Å². The molecule has 0 spiro atoms. The Hall–Kier alpha value is -2.45. The van der Waals surface area contributed by atoms with Crippen molar-refractivity contribution in [3.05, 3.63) is 35.7 Å². The van der Waals surface area contributed by atoms with Crippen LogP contribution < -0.4 is 15.8 Å². The minimum absolute atomic E-state index is 0.187. The highest BCUT2D eigenvalue weighted by molar-refractivity contribution is 5.93. The van der Waals surface area contributed by atoms with Crippen molar-refractivity contribution in [3.63, 3.8) is 0 Å². The van der Waals surface area contributed by atoms with Crippen LogP contribution in [0.3, 0.4) is 0 Å². The van der Waals surface area contributed by atoms with Crippen molar-refractivity contribution in [2.24, 2.45) is 11.7 Å². The molecule has 1 amide bonds. The van der Waals surface area contributed by atoms with Crippen molar-refractivity contribution in [3.8, 4) is 11.4 Å². The molecular formula is C19H29N5O3. The summed E-state index contributed by atoms with van der Waals surface area (Å²) in [6, 6.07) is 7.32. The van der Waals surface area contributed by atoms with Crippen molar-refractivity contribution in [2.45, 2.75) is 33.2 Å². The Bertz CT molecular complexity index is 757. The standard InChI is InChI=1S/C19H29N5O3/c1-13(2)19(4,12-20)21-18(25)17-14(3)22-24(23-17)15-6-8-16(9-7-15)27-11-10-26-5/h6-9,13H,10-12,20H2,1-5H3,(H,21,25). The lowest BCUT2D eigenvalue weighted by molar-refractivity contribution is 0.0877. The number of carbonyl (C=O) groups excluding carboxylic acids is 1. The maximum Gasteiger partial charge on any atom is 0.274 e. The van der Waals surface area contributed by atoms with Crippen LogP contribution in [-0.4, -0.2) is 53.3 Å². The number of aromatic nitrogens is 3. The van der Waals surface area contributed by atoms with Crippen LogP contribution in [0.1, 0.15) is 37.0 Å². The third-order valence-corrected chi connectivity index (χ3v) is 4.72. The fraction of sp³-hybridized carbons (Fsp3) is 0.526. The van der Waals surface area contributed by atoms with Crippen LogP contribution in [0.5, 0.6) is 5.75 Å². The van der Waals surface area contributed by atoms with Gasteiger partial charge in [0, 0.05) is 13.7 Å². The molecule has 0 aliphatic rings. The van der Waals surface area contributed by atoms with E-state index < -0.39 is 5.54 Å². The number of ether oxygens (including phenoxy) is 2. The summed E-state index contributed by atoms with van der Waals surface area (Å²) in [5.74, 6) is 0.640. The Labute approximate surface area is 160 Å². The summed E-state index contributed by atoms with van der Waals surface area (Å²) in [7, 11) is 1.63. The van der Waals surface area contributed by atoms with Gasteiger partial charge in [-0.15, -0.1) is 5.10 Å². The van der Waals surface area contributed by atoms with Gasteiger partial charge in [-0.1, -0.05) is 13.8 Å². The molecule has 1 heterocycles. The lowest BCUT2D eigenvalue weighted by atomic mass is 9.88. The Morgan fingerprint density at radius 1 is 1.26 bits per heavy atom. The first-order chi connectivity index (χ1) is 12.8. The molecule has 0 fully saturated rings. The molecule has 1 atom stereocenters. The van der Waals surface area contributed by atoms with Gasteiger partial charge in [-0.2, -0.15) is 9.90 Å². The average Bonchev–Trinajstić information content (AvgIpc) is 3.04. The number of hydrogen-bond donors (Lipinski definition) is 2. The van der Waals surface area contributed by atoms with Gasteiger partial charge >= 0.3 is 0 Å². The maximum atomic E-state index is 12.7. The van der Waals surface area contributed by atoms with Crippen LogP contribution in [0, 0.1) is 12.8 Å². The highest BCUT2D eigenvalue weighted by Gasteiger charge is 2.30. The van der Waals surface area contributed by atoms with E-state index in [0.717, 1.165) is 11.4 Å². The van der Waals surface area contributed by atoms with Crippen LogP contribution in [0.4, 0.5) is 0 Å². The Morgan fingerprint density at radius 3 is 2.48 bits per heavy atom. The SMILES string of the molecule is COCCOc1ccc(-n2nc(C)c(C(=O)NC(C)(CN)C(C)C)n2)cc1. The van der Waals surface area contributed by atoms with Crippen LogP contribution >= 0.6 is 0 Å². The van der Waals surface area contributed by atoms with Crippen molar-refractivity contribution in [1.82, 2.24) is 20.3 Å².